The van der Waals surface area contributed by atoms with E-state index < -0.39 is 0 Å². The van der Waals surface area contributed by atoms with Crippen LogP contribution in [-0.4, -0.2) is 24.2 Å². The normalized spacial score (nSPS) is 16.6. The summed E-state index contributed by atoms with van der Waals surface area (Å²) in [5.74, 6) is 0.0385. The Bertz CT molecular complexity index is 724. The molecule has 1 aliphatic rings. The summed E-state index contributed by atoms with van der Waals surface area (Å²) in [5.41, 5.74) is 4.37. The molecule has 126 valence electrons. The van der Waals surface area contributed by atoms with Crippen molar-refractivity contribution < 1.29 is 4.79 Å². The lowest BCUT2D eigenvalue weighted by Crippen LogP contribution is -2.40. The van der Waals surface area contributed by atoms with Crippen molar-refractivity contribution in [3.63, 3.8) is 0 Å². The van der Waals surface area contributed by atoms with E-state index in [9.17, 15) is 4.79 Å². The molecule has 0 saturated heterocycles. The van der Waals surface area contributed by atoms with Gasteiger partial charge in [-0.1, -0.05) is 25.1 Å². The summed E-state index contributed by atoms with van der Waals surface area (Å²) in [7, 11) is 0. The first-order valence-electron chi connectivity index (χ1n) is 8.44. The Morgan fingerprint density at radius 3 is 2.62 bits per heavy atom. The molecule has 3 rings (SSSR count). The summed E-state index contributed by atoms with van der Waals surface area (Å²) in [5, 5.41) is 3.58. The Morgan fingerprint density at radius 1 is 1.21 bits per heavy atom. The number of aryl methyl sites for hydroxylation is 2. The highest BCUT2D eigenvalue weighted by Gasteiger charge is 2.25. The number of benzene rings is 2. The van der Waals surface area contributed by atoms with Gasteiger partial charge in [-0.3, -0.25) is 4.79 Å². The van der Waals surface area contributed by atoms with Crippen LogP contribution < -0.4 is 10.2 Å². The first-order valence-corrected chi connectivity index (χ1v) is 9.32. The summed E-state index contributed by atoms with van der Waals surface area (Å²) in [6, 6.07) is 14.5. The Labute approximate surface area is 148 Å². The largest absolute Gasteiger partial charge is 0.360 e. The fraction of sp³-hybridized carbons (Fsp3) is 0.350. The molecule has 1 heterocycles. The quantitative estimate of drug-likeness (QED) is 0.880. The highest BCUT2D eigenvalue weighted by molar-refractivity contribution is 8.00. The Kier molecular flexibility index (Phi) is 5.14. The second-order valence-corrected chi connectivity index (χ2v) is 7.76. The first-order chi connectivity index (χ1) is 11.5. The maximum absolute atomic E-state index is 12.5. The number of carbonyl (C=O) groups is 1. The zero-order chi connectivity index (χ0) is 17.1. The van der Waals surface area contributed by atoms with Crippen molar-refractivity contribution in [2.45, 2.75) is 37.3 Å². The Balaban J connectivity index is 1.74. The topological polar surface area (TPSA) is 32.3 Å². The lowest BCUT2D eigenvalue weighted by molar-refractivity contribution is -0.115. The molecule has 4 heteroatoms. The summed E-state index contributed by atoms with van der Waals surface area (Å²) in [4.78, 5) is 16.0. The van der Waals surface area contributed by atoms with Gasteiger partial charge in [0.1, 0.15) is 0 Å². The Morgan fingerprint density at radius 2 is 1.92 bits per heavy atom. The first kappa shape index (κ1) is 16.9. The predicted octanol–water partition coefficient (Wildman–Crippen LogP) is 4.63. The van der Waals surface area contributed by atoms with Crippen LogP contribution in [0.4, 0.5) is 11.4 Å². The van der Waals surface area contributed by atoms with Crippen LogP contribution in [0.2, 0.25) is 0 Å². The Hall–Kier alpha value is -1.94. The number of rotatable bonds is 4. The van der Waals surface area contributed by atoms with Crippen LogP contribution >= 0.6 is 11.8 Å². The molecule has 2 aromatic carbocycles. The van der Waals surface area contributed by atoms with Gasteiger partial charge in [0.2, 0.25) is 5.91 Å². The number of para-hydroxylation sites is 1. The van der Waals surface area contributed by atoms with Crippen LogP contribution in [0.15, 0.2) is 47.4 Å². The van der Waals surface area contributed by atoms with E-state index in [0.717, 1.165) is 29.8 Å². The molecule has 1 atom stereocenters. The van der Waals surface area contributed by atoms with Crippen LogP contribution in [0.3, 0.4) is 0 Å². The van der Waals surface area contributed by atoms with Gasteiger partial charge in [-0.25, -0.2) is 0 Å². The number of carbonyl (C=O) groups excluding carboxylic acids is 1. The number of fused-ring (bicyclic) bond motifs is 1. The number of nitrogens with zero attached hydrogens (tertiary/aromatic N) is 1. The van der Waals surface area contributed by atoms with E-state index in [1.165, 1.54) is 10.6 Å². The van der Waals surface area contributed by atoms with Crippen LogP contribution in [0.5, 0.6) is 0 Å². The summed E-state index contributed by atoms with van der Waals surface area (Å²) in [6.45, 7) is 7.61. The molecule has 1 amide bonds. The zero-order valence-electron chi connectivity index (χ0n) is 14.5. The van der Waals surface area contributed by atoms with Crippen LogP contribution in [0.1, 0.15) is 24.5 Å². The van der Waals surface area contributed by atoms with Crippen molar-refractivity contribution in [2.24, 2.45) is 0 Å². The number of thioether (sulfide) groups is 1. The second kappa shape index (κ2) is 7.31. The van der Waals surface area contributed by atoms with Crippen molar-refractivity contribution in [3.05, 3.63) is 53.6 Å². The van der Waals surface area contributed by atoms with Gasteiger partial charge in [0.15, 0.2) is 0 Å². The lowest BCUT2D eigenvalue weighted by Gasteiger charge is -2.34. The third-order valence-electron chi connectivity index (χ3n) is 4.22. The molecule has 0 saturated carbocycles. The average Bonchev–Trinajstić information content (AvgIpc) is 2.53. The molecule has 0 spiro atoms. The molecule has 0 aromatic heterocycles. The van der Waals surface area contributed by atoms with Crippen molar-refractivity contribution in [3.8, 4) is 0 Å². The summed E-state index contributed by atoms with van der Waals surface area (Å²) < 4.78 is 0. The minimum Gasteiger partial charge on any atom is -0.360 e. The molecule has 0 fully saturated rings. The maximum atomic E-state index is 12.5. The third-order valence-corrected chi connectivity index (χ3v) is 5.63. The fourth-order valence-electron chi connectivity index (χ4n) is 3.16. The molecule has 1 aliphatic heterocycles. The third kappa shape index (κ3) is 3.93. The summed E-state index contributed by atoms with van der Waals surface area (Å²) in [6.07, 6.45) is 1.11. The van der Waals surface area contributed by atoms with Gasteiger partial charge in [0.05, 0.1) is 12.2 Å². The van der Waals surface area contributed by atoms with E-state index in [-0.39, 0.29) is 5.91 Å². The van der Waals surface area contributed by atoms with Crippen molar-refractivity contribution >= 4 is 29.0 Å². The molecule has 24 heavy (non-hydrogen) atoms. The molecule has 0 aliphatic carbocycles. The minimum absolute atomic E-state index is 0.0385. The van der Waals surface area contributed by atoms with Gasteiger partial charge in [-0.05, 0) is 55.7 Å². The molecular formula is C20H24N2OS. The molecule has 2 aromatic rings. The van der Waals surface area contributed by atoms with E-state index >= 15 is 0 Å². The highest BCUT2D eigenvalue weighted by atomic mass is 32.2. The zero-order valence-corrected chi connectivity index (χ0v) is 15.3. The minimum atomic E-state index is 0.0385. The molecule has 3 nitrogen and oxygen atoms in total. The van der Waals surface area contributed by atoms with Crippen LogP contribution in [0.25, 0.3) is 0 Å². The van der Waals surface area contributed by atoms with Gasteiger partial charge < -0.3 is 10.2 Å². The average molecular weight is 340 g/mol. The van der Waals surface area contributed by atoms with Gasteiger partial charge in [-0.2, -0.15) is 0 Å². The molecule has 0 radical (unpaired) electrons. The summed E-state index contributed by atoms with van der Waals surface area (Å²) >= 11 is 1.92. The van der Waals surface area contributed by atoms with Crippen molar-refractivity contribution in [1.82, 2.24) is 0 Å². The lowest BCUT2D eigenvalue weighted by atomic mass is 10.1. The molecule has 0 bridgehead atoms. The van der Waals surface area contributed by atoms with Crippen molar-refractivity contribution in [1.29, 1.82) is 0 Å². The van der Waals surface area contributed by atoms with Gasteiger partial charge >= 0.3 is 0 Å². The molecule has 1 N–H and O–H groups in total. The van der Waals surface area contributed by atoms with E-state index in [4.69, 9.17) is 0 Å². The van der Waals surface area contributed by atoms with E-state index in [1.807, 2.05) is 43.8 Å². The van der Waals surface area contributed by atoms with Crippen LogP contribution in [-0.2, 0) is 4.79 Å². The van der Waals surface area contributed by atoms with E-state index in [0.29, 0.717) is 11.8 Å². The monoisotopic (exact) mass is 340 g/mol. The van der Waals surface area contributed by atoms with Gasteiger partial charge in [-0.15, -0.1) is 11.8 Å². The number of nitrogens with one attached hydrogen (secondary N) is 1. The number of hydrogen-bond acceptors (Lipinski definition) is 3. The van der Waals surface area contributed by atoms with Crippen molar-refractivity contribution in [2.75, 3.05) is 23.3 Å². The highest BCUT2D eigenvalue weighted by Crippen LogP contribution is 2.39. The second-order valence-electron chi connectivity index (χ2n) is 6.42. The van der Waals surface area contributed by atoms with E-state index in [2.05, 4.69) is 41.4 Å². The molecule has 0 unspecified atom stereocenters. The fourth-order valence-corrected chi connectivity index (χ4v) is 4.42. The predicted molar refractivity (Wildman–Crippen MR) is 103 cm³/mol. The van der Waals surface area contributed by atoms with Gasteiger partial charge in [0, 0.05) is 22.4 Å². The SMILES string of the molecule is CC[C@H]1CN(CC(=O)Nc2cc(C)cc(C)c2)c2ccccc2S1. The number of amides is 1. The standard InChI is InChI=1S/C20H24N2OS/c1-4-17-12-22(18-7-5-6-8-19(18)24-17)13-20(23)21-16-10-14(2)9-15(3)11-16/h5-11,17H,4,12-13H2,1-3H3,(H,21,23)/t17-/m0/s1. The van der Waals surface area contributed by atoms with Crippen LogP contribution in [0, 0.1) is 13.8 Å². The number of hydrogen-bond donors (Lipinski definition) is 1. The smallest absolute Gasteiger partial charge is 0.243 e. The number of anilines is 2. The van der Waals surface area contributed by atoms with Gasteiger partial charge in [0.25, 0.3) is 0 Å². The maximum Gasteiger partial charge on any atom is 0.243 e. The molecular weight excluding hydrogens is 316 g/mol. The van der Waals surface area contributed by atoms with E-state index in [1.54, 1.807) is 0 Å².